The number of anilines is 3. The second kappa shape index (κ2) is 19.4. The maximum atomic E-state index is 16.2. The van der Waals surface area contributed by atoms with Gasteiger partial charge in [0.1, 0.15) is 17.3 Å². The number of carbonyl (C=O) groups excluding carboxylic acids is 7. The Bertz CT molecular complexity index is 2720. The number of benzene rings is 4. The van der Waals surface area contributed by atoms with Crippen LogP contribution in [0, 0.1) is 5.82 Å². The summed E-state index contributed by atoms with van der Waals surface area (Å²) in [5.74, 6) is -5.18. The summed E-state index contributed by atoms with van der Waals surface area (Å²) in [5.41, 5.74) is 0.557. The summed E-state index contributed by atoms with van der Waals surface area (Å²) >= 11 is 12.8. The number of hydrogen-bond donors (Lipinski definition) is 6. The molecule has 2 saturated heterocycles. The highest BCUT2D eigenvalue weighted by atomic mass is 35.5. The quantitative estimate of drug-likeness (QED) is 0.0629. The number of nitrogens with one attached hydrogen (secondary N) is 6. The van der Waals surface area contributed by atoms with Crippen LogP contribution in [-0.2, 0) is 34.1 Å². The first kappa shape index (κ1) is 46.9. The van der Waals surface area contributed by atoms with Crippen molar-refractivity contribution < 1.29 is 47.4 Å². The number of ether oxygens (including phenoxy) is 2. The molecule has 68 heavy (non-hydrogen) atoms. The number of rotatable bonds is 15. The van der Waals surface area contributed by atoms with E-state index < -0.39 is 64.3 Å². The second-order valence-electron chi connectivity index (χ2n) is 17.5. The van der Waals surface area contributed by atoms with E-state index in [9.17, 15) is 33.6 Å². The van der Waals surface area contributed by atoms with Gasteiger partial charge in [-0.1, -0.05) is 66.7 Å². The fraction of sp³-hybridized carbons (Fsp3) is 0.367. The zero-order chi connectivity index (χ0) is 47.7. The lowest BCUT2D eigenvalue weighted by atomic mass is 9.55. The lowest BCUT2D eigenvalue weighted by Crippen LogP contribution is -2.60. The summed E-state index contributed by atoms with van der Waals surface area (Å²) in [7, 11) is 0. The molecular formula is C49H48Cl2FN7O9. The maximum Gasteiger partial charge on any atom is 0.264 e. The van der Waals surface area contributed by atoms with Crippen LogP contribution in [0.15, 0.2) is 78.9 Å². The molecule has 4 aliphatic heterocycles. The molecule has 3 fully saturated rings. The number of hydrogen-bond acceptors (Lipinski definition) is 11. The lowest BCUT2D eigenvalue weighted by molar-refractivity contribution is -0.136. The average molecular weight is 969 g/mol. The average Bonchev–Trinajstić information content (AvgIpc) is 3.88. The molecule has 9 rings (SSSR count). The van der Waals surface area contributed by atoms with E-state index in [2.05, 4.69) is 31.9 Å². The van der Waals surface area contributed by atoms with Crippen LogP contribution >= 0.6 is 23.2 Å². The molecule has 19 heteroatoms. The topological polar surface area (TPSA) is 213 Å². The van der Waals surface area contributed by atoms with Crippen molar-refractivity contribution in [2.45, 2.75) is 73.9 Å². The predicted octanol–water partition coefficient (Wildman–Crippen LogP) is 5.70. The van der Waals surface area contributed by atoms with E-state index in [0.717, 1.165) is 24.2 Å². The Balaban J connectivity index is 0.755. The SMILES string of the molecule is O=C1CCC(N2C(=O)c3cccc(NCCOCCOCCNC(=O)c4ccc(NC(=O)[C@@H]5NC6(CCCCC6)[C@@]6(C(=O)Nc7cc(Cl)ccc76)[C@H]5c5cccc(Cl)c5F)cc4)c3C2=O)C(=O)N1. The minimum Gasteiger partial charge on any atom is -0.382 e. The molecule has 4 atom stereocenters. The molecule has 0 aromatic heterocycles. The first-order valence-corrected chi connectivity index (χ1v) is 23.4. The summed E-state index contributed by atoms with van der Waals surface area (Å²) in [6, 6.07) is 18.9. The first-order chi connectivity index (χ1) is 32.8. The summed E-state index contributed by atoms with van der Waals surface area (Å²) in [6.07, 6.45) is 3.82. The number of carbonyl (C=O) groups is 7. The zero-order valence-corrected chi connectivity index (χ0v) is 38.2. The lowest BCUT2D eigenvalue weighted by Gasteiger charge is -2.47. The van der Waals surface area contributed by atoms with Crippen molar-refractivity contribution in [3.05, 3.63) is 123 Å². The van der Waals surface area contributed by atoms with Gasteiger partial charge in [0.2, 0.25) is 23.6 Å². The smallest absolute Gasteiger partial charge is 0.264 e. The molecule has 5 aliphatic rings. The van der Waals surface area contributed by atoms with Gasteiger partial charge in [0.15, 0.2) is 0 Å². The van der Waals surface area contributed by atoms with Gasteiger partial charge in [0.25, 0.3) is 17.7 Å². The summed E-state index contributed by atoms with van der Waals surface area (Å²) < 4.78 is 27.5. The van der Waals surface area contributed by atoms with Crippen LogP contribution < -0.4 is 31.9 Å². The predicted molar refractivity (Wildman–Crippen MR) is 249 cm³/mol. The monoisotopic (exact) mass is 967 g/mol. The molecule has 16 nitrogen and oxygen atoms in total. The number of imide groups is 2. The van der Waals surface area contributed by atoms with Crippen LogP contribution in [0.4, 0.5) is 21.5 Å². The van der Waals surface area contributed by atoms with Crippen molar-refractivity contribution >= 4 is 81.6 Å². The van der Waals surface area contributed by atoms with E-state index in [-0.39, 0.29) is 79.3 Å². The third-order valence-corrected chi connectivity index (χ3v) is 14.2. The largest absolute Gasteiger partial charge is 0.382 e. The van der Waals surface area contributed by atoms with Gasteiger partial charge < -0.3 is 30.7 Å². The Kier molecular flexibility index (Phi) is 13.4. The molecule has 4 aromatic rings. The maximum absolute atomic E-state index is 16.2. The van der Waals surface area contributed by atoms with Crippen molar-refractivity contribution in [3.8, 4) is 0 Å². The molecule has 7 amide bonds. The fourth-order valence-corrected chi connectivity index (χ4v) is 11.1. The molecule has 0 radical (unpaired) electrons. The van der Waals surface area contributed by atoms with E-state index in [1.807, 2.05) is 0 Å². The number of amides is 7. The highest BCUT2D eigenvalue weighted by molar-refractivity contribution is 6.31. The minimum absolute atomic E-state index is 0.0313. The van der Waals surface area contributed by atoms with Gasteiger partial charge in [0.05, 0.1) is 48.6 Å². The van der Waals surface area contributed by atoms with Crippen molar-refractivity contribution in [1.82, 2.24) is 20.9 Å². The van der Waals surface area contributed by atoms with Crippen LogP contribution in [0.5, 0.6) is 0 Å². The number of nitrogens with zero attached hydrogens (tertiary/aromatic N) is 1. The molecule has 1 unspecified atom stereocenters. The van der Waals surface area contributed by atoms with Gasteiger partial charge in [-0.15, -0.1) is 0 Å². The van der Waals surface area contributed by atoms with Crippen molar-refractivity contribution in [2.75, 3.05) is 55.5 Å². The normalized spacial score (nSPS) is 22.5. The van der Waals surface area contributed by atoms with Crippen molar-refractivity contribution in [1.29, 1.82) is 0 Å². The first-order valence-electron chi connectivity index (χ1n) is 22.6. The molecule has 0 bridgehead atoms. The molecule has 354 valence electrons. The van der Waals surface area contributed by atoms with Gasteiger partial charge in [-0.25, -0.2) is 4.39 Å². The Morgan fingerprint density at radius 3 is 2.31 bits per heavy atom. The number of piperidine rings is 1. The summed E-state index contributed by atoms with van der Waals surface area (Å²) in [4.78, 5) is 93.4. The number of fused-ring (bicyclic) bond motifs is 4. The zero-order valence-electron chi connectivity index (χ0n) is 36.7. The standard InChI is InChI=1S/C49H48Cl2FN7O9/c50-28-12-15-32-35(26-28)56-47(66)49(32)39(31-7-4-8-33(51)40(31)52)41(58-48(49)18-2-1-3-19-48)44(63)55-29-13-10-27(11-14-29)42(61)54-21-23-68-25-24-67-22-20-53-34-9-5-6-30-38(34)46(65)59(45(30)64)36-16-17-37(60)57-43(36)62/h4-15,26,36,39,41,53,58H,1-3,16-25H2,(H,54,61)(H,55,63)(H,56,66)(H,57,60,62)/t36?,39-,41+,49+/m0/s1. The summed E-state index contributed by atoms with van der Waals surface area (Å²) in [6.45, 7) is 1.47. The van der Waals surface area contributed by atoms with E-state index in [4.69, 9.17) is 32.7 Å². The van der Waals surface area contributed by atoms with E-state index in [1.54, 1.807) is 66.7 Å². The van der Waals surface area contributed by atoms with E-state index >= 15 is 4.39 Å². The third-order valence-electron chi connectivity index (χ3n) is 13.7. The Hall–Kier alpha value is -6.24. The highest BCUT2D eigenvalue weighted by Gasteiger charge is 2.72. The fourth-order valence-electron chi connectivity index (χ4n) is 10.7. The van der Waals surface area contributed by atoms with Crippen LogP contribution in [-0.4, -0.2) is 103 Å². The molecule has 4 heterocycles. The van der Waals surface area contributed by atoms with Crippen LogP contribution in [0.2, 0.25) is 10.0 Å². The Morgan fingerprint density at radius 1 is 0.824 bits per heavy atom. The van der Waals surface area contributed by atoms with Gasteiger partial charge in [-0.2, -0.15) is 0 Å². The molecule has 1 saturated carbocycles. The molecule has 6 N–H and O–H groups in total. The van der Waals surface area contributed by atoms with Gasteiger partial charge in [-0.05, 0) is 85.0 Å². The van der Waals surface area contributed by atoms with Gasteiger partial charge in [-0.3, -0.25) is 49.1 Å². The van der Waals surface area contributed by atoms with E-state index in [0.29, 0.717) is 52.6 Å². The molecule has 1 aliphatic carbocycles. The minimum atomic E-state index is -1.37. The van der Waals surface area contributed by atoms with Crippen LogP contribution in [0.3, 0.4) is 0 Å². The third kappa shape index (κ3) is 8.40. The molecular weight excluding hydrogens is 920 g/mol. The Morgan fingerprint density at radius 2 is 1.56 bits per heavy atom. The Labute approximate surface area is 400 Å². The summed E-state index contributed by atoms with van der Waals surface area (Å²) in [5, 5.41) is 18.0. The highest BCUT2D eigenvalue weighted by Crippen LogP contribution is 2.63. The van der Waals surface area contributed by atoms with Gasteiger partial charge in [0, 0.05) is 58.6 Å². The molecule has 4 aromatic carbocycles. The van der Waals surface area contributed by atoms with Crippen LogP contribution in [0.1, 0.15) is 93.1 Å². The van der Waals surface area contributed by atoms with Crippen molar-refractivity contribution in [3.63, 3.8) is 0 Å². The van der Waals surface area contributed by atoms with Crippen LogP contribution in [0.25, 0.3) is 0 Å². The second-order valence-corrected chi connectivity index (χ2v) is 18.3. The van der Waals surface area contributed by atoms with E-state index in [1.165, 1.54) is 12.1 Å². The molecule has 2 spiro atoms. The van der Waals surface area contributed by atoms with Crippen molar-refractivity contribution in [2.24, 2.45) is 0 Å². The van der Waals surface area contributed by atoms with Gasteiger partial charge >= 0.3 is 0 Å². The number of halogens is 3.